The summed E-state index contributed by atoms with van der Waals surface area (Å²) in [6.07, 6.45) is 0. The number of carbonyl (C=O) groups excluding carboxylic acids is 2. The van der Waals surface area contributed by atoms with Crippen LogP contribution in [0.1, 0.15) is 26.4 Å². The zero-order valence-electron chi connectivity index (χ0n) is 15.6. The van der Waals surface area contributed by atoms with Crippen molar-refractivity contribution in [1.29, 1.82) is 0 Å². The number of aromatic nitrogens is 2. The average Bonchev–Trinajstić information content (AvgIpc) is 3.11. The molecule has 0 fully saturated rings. The summed E-state index contributed by atoms with van der Waals surface area (Å²) in [5, 5.41) is 3.93. The molecule has 0 aliphatic rings. The lowest BCUT2D eigenvalue weighted by Crippen LogP contribution is -2.15. The van der Waals surface area contributed by atoms with Crippen molar-refractivity contribution in [2.45, 2.75) is 6.92 Å². The van der Waals surface area contributed by atoms with Crippen LogP contribution < -0.4 is 0 Å². The van der Waals surface area contributed by atoms with Gasteiger partial charge in [-0.2, -0.15) is 5.10 Å². The molecule has 150 valence electrons. The molecule has 0 aliphatic heterocycles. The summed E-state index contributed by atoms with van der Waals surface area (Å²) in [5.41, 5.74) is -1.14. The molecule has 6 nitrogen and oxygen atoms in total. The largest absolute Gasteiger partial charge is 0.465 e. The molecule has 0 atom stereocenters. The van der Waals surface area contributed by atoms with Gasteiger partial charge in [-0.15, -0.1) is 0 Å². The molecule has 0 saturated carbocycles. The number of benzene rings is 2. The van der Waals surface area contributed by atoms with Crippen LogP contribution in [0.4, 0.5) is 8.78 Å². The first kappa shape index (κ1) is 20.5. The molecule has 29 heavy (non-hydrogen) atoms. The minimum atomic E-state index is -1.01. The monoisotopic (exact) mass is 420 g/mol. The molecular formula is C20H15ClF2N2O4. The molecule has 3 rings (SSSR count). The third-order valence-corrected chi connectivity index (χ3v) is 4.59. The summed E-state index contributed by atoms with van der Waals surface area (Å²) in [7, 11) is 2.22. The Hall–Kier alpha value is -3.26. The maximum absolute atomic E-state index is 14.9. The molecule has 0 spiro atoms. The van der Waals surface area contributed by atoms with Crippen molar-refractivity contribution in [2.75, 3.05) is 14.2 Å². The highest BCUT2D eigenvalue weighted by Crippen LogP contribution is 2.37. The SMILES string of the molecule is COC(=O)c1c(-c2c(Cl)cc(F)c(C)c2F)nn(-c2ccccc2)c1C(=O)OC. The number of rotatable bonds is 4. The Kier molecular flexibility index (Phi) is 5.65. The van der Waals surface area contributed by atoms with Crippen molar-refractivity contribution in [2.24, 2.45) is 0 Å². The van der Waals surface area contributed by atoms with E-state index in [0.717, 1.165) is 25.0 Å². The Labute approximate surface area is 169 Å². The fraction of sp³-hybridized carbons (Fsp3) is 0.150. The fourth-order valence-corrected chi connectivity index (χ4v) is 3.10. The van der Waals surface area contributed by atoms with E-state index in [1.165, 1.54) is 6.92 Å². The molecule has 2 aromatic carbocycles. The quantitative estimate of drug-likeness (QED) is 0.587. The van der Waals surface area contributed by atoms with Gasteiger partial charge < -0.3 is 9.47 Å². The lowest BCUT2D eigenvalue weighted by molar-refractivity contribution is 0.0549. The van der Waals surface area contributed by atoms with Gasteiger partial charge in [-0.1, -0.05) is 29.8 Å². The van der Waals surface area contributed by atoms with Crippen LogP contribution in [0.2, 0.25) is 5.02 Å². The molecule has 0 aliphatic carbocycles. The van der Waals surface area contributed by atoms with Crippen LogP contribution >= 0.6 is 11.6 Å². The highest BCUT2D eigenvalue weighted by molar-refractivity contribution is 6.33. The second kappa shape index (κ2) is 8.00. The van der Waals surface area contributed by atoms with Gasteiger partial charge >= 0.3 is 11.9 Å². The molecule has 1 heterocycles. The maximum atomic E-state index is 14.9. The zero-order chi connectivity index (χ0) is 21.3. The summed E-state index contributed by atoms with van der Waals surface area (Å²) in [6.45, 7) is 1.22. The number of halogens is 3. The summed E-state index contributed by atoms with van der Waals surface area (Å²) in [5.74, 6) is -3.72. The van der Waals surface area contributed by atoms with Gasteiger partial charge in [-0.3, -0.25) is 0 Å². The number of hydrogen-bond donors (Lipinski definition) is 0. The first-order valence-corrected chi connectivity index (χ1v) is 8.69. The van der Waals surface area contributed by atoms with Crippen molar-refractivity contribution in [3.63, 3.8) is 0 Å². The number of ether oxygens (including phenoxy) is 2. The number of esters is 2. The van der Waals surface area contributed by atoms with Crippen LogP contribution in [-0.2, 0) is 9.47 Å². The number of methoxy groups -OCH3 is 2. The van der Waals surface area contributed by atoms with Gasteiger partial charge in [0, 0.05) is 5.56 Å². The van der Waals surface area contributed by atoms with E-state index in [9.17, 15) is 18.4 Å². The van der Waals surface area contributed by atoms with E-state index in [1.807, 2.05) is 0 Å². The molecule has 9 heteroatoms. The molecule has 0 bridgehead atoms. The number of nitrogens with zero attached hydrogens (tertiary/aromatic N) is 2. The van der Waals surface area contributed by atoms with Crippen molar-refractivity contribution < 1.29 is 27.8 Å². The van der Waals surface area contributed by atoms with E-state index < -0.39 is 23.6 Å². The Morgan fingerprint density at radius 3 is 2.28 bits per heavy atom. The molecule has 1 aromatic heterocycles. The Morgan fingerprint density at radius 1 is 1.07 bits per heavy atom. The van der Waals surface area contributed by atoms with Gasteiger partial charge in [-0.05, 0) is 25.1 Å². The Morgan fingerprint density at radius 2 is 1.69 bits per heavy atom. The second-order valence-corrected chi connectivity index (χ2v) is 6.36. The van der Waals surface area contributed by atoms with Crippen molar-refractivity contribution in [3.05, 3.63) is 69.9 Å². The van der Waals surface area contributed by atoms with E-state index in [2.05, 4.69) is 5.10 Å². The fourth-order valence-electron chi connectivity index (χ4n) is 2.84. The van der Waals surface area contributed by atoms with E-state index in [0.29, 0.717) is 5.69 Å². The van der Waals surface area contributed by atoms with Crippen LogP contribution in [0.5, 0.6) is 0 Å². The summed E-state index contributed by atoms with van der Waals surface area (Å²) < 4.78 is 39.5. The molecule has 0 N–H and O–H groups in total. The summed E-state index contributed by atoms with van der Waals surface area (Å²) >= 11 is 6.08. The predicted octanol–water partition coefficient (Wildman–Crippen LogP) is 4.35. The highest BCUT2D eigenvalue weighted by Gasteiger charge is 2.34. The molecule has 0 radical (unpaired) electrons. The van der Waals surface area contributed by atoms with Crippen LogP contribution in [0.15, 0.2) is 36.4 Å². The van der Waals surface area contributed by atoms with Crippen molar-refractivity contribution >= 4 is 23.5 Å². The smallest absolute Gasteiger partial charge is 0.357 e. The summed E-state index contributed by atoms with van der Waals surface area (Å²) in [4.78, 5) is 25.1. The minimum absolute atomic E-state index is 0.272. The Balaban J connectivity index is 2.46. The highest BCUT2D eigenvalue weighted by atomic mass is 35.5. The predicted molar refractivity (Wildman–Crippen MR) is 101 cm³/mol. The molecule has 3 aromatic rings. The van der Waals surface area contributed by atoms with E-state index in [-0.39, 0.29) is 33.1 Å². The first-order valence-electron chi connectivity index (χ1n) is 8.31. The third-order valence-electron chi connectivity index (χ3n) is 4.29. The van der Waals surface area contributed by atoms with E-state index >= 15 is 0 Å². The van der Waals surface area contributed by atoms with Crippen molar-refractivity contribution in [3.8, 4) is 16.9 Å². The van der Waals surface area contributed by atoms with Gasteiger partial charge in [0.05, 0.1) is 30.5 Å². The molecule has 0 amide bonds. The zero-order valence-corrected chi connectivity index (χ0v) is 16.4. The van der Waals surface area contributed by atoms with Crippen LogP contribution in [0, 0.1) is 18.6 Å². The lowest BCUT2D eigenvalue weighted by atomic mass is 10.0. The van der Waals surface area contributed by atoms with Crippen LogP contribution in [-0.4, -0.2) is 35.9 Å². The second-order valence-electron chi connectivity index (χ2n) is 5.96. The average molecular weight is 421 g/mol. The van der Waals surface area contributed by atoms with Gasteiger partial charge in [-0.25, -0.2) is 23.1 Å². The minimum Gasteiger partial charge on any atom is -0.465 e. The standard InChI is InChI=1S/C20H15ClF2N2O4/c1-10-13(22)9-12(21)14(16(10)23)17-15(19(26)28-2)18(20(27)29-3)25(24-17)11-7-5-4-6-8-11/h4-9H,1-3H3. The number of para-hydroxylation sites is 1. The summed E-state index contributed by atoms with van der Waals surface area (Å²) in [6, 6.07) is 9.27. The van der Waals surface area contributed by atoms with E-state index in [4.69, 9.17) is 21.1 Å². The van der Waals surface area contributed by atoms with Gasteiger partial charge in [0.2, 0.25) is 0 Å². The van der Waals surface area contributed by atoms with Crippen LogP contribution in [0.3, 0.4) is 0 Å². The lowest BCUT2D eigenvalue weighted by Gasteiger charge is -2.09. The number of carbonyl (C=O) groups is 2. The van der Waals surface area contributed by atoms with Crippen molar-refractivity contribution in [1.82, 2.24) is 9.78 Å². The molecule has 0 unspecified atom stereocenters. The molecule has 0 saturated heterocycles. The normalized spacial score (nSPS) is 10.7. The third kappa shape index (κ3) is 3.47. The Bertz CT molecular complexity index is 1110. The maximum Gasteiger partial charge on any atom is 0.357 e. The number of hydrogen-bond acceptors (Lipinski definition) is 5. The van der Waals surface area contributed by atoms with Crippen LogP contribution in [0.25, 0.3) is 16.9 Å². The topological polar surface area (TPSA) is 70.4 Å². The van der Waals surface area contributed by atoms with E-state index in [1.54, 1.807) is 30.3 Å². The molecular weight excluding hydrogens is 406 g/mol. The first-order chi connectivity index (χ1) is 13.8. The van der Waals surface area contributed by atoms with Gasteiger partial charge in [0.15, 0.2) is 5.69 Å². The van der Waals surface area contributed by atoms with Gasteiger partial charge in [0.1, 0.15) is 22.9 Å². The van der Waals surface area contributed by atoms with Gasteiger partial charge in [0.25, 0.3) is 0 Å².